The van der Waals surface area contributed by atoms with Crippen LogP contribution in [-0.4, -0.2) is 65.4 Å². The van der Waals surface area contributed by atoms with Gasteiger partial charge in [-0.05, 0) is 29.7 Å². The van der Waals surface area contributed by atoms with Gasteiger partial charge in [0.25, 0.3) is 22.9 Å². The maximum Gasteiger partial charge on any atom is 0.254 e. The van der Waals surface area contributed by atoms with E-state index in [-0.39, 0.29) is 64.4 Å². The fourth-order valence-electron chi connectivity index (χ4n) is 5.36. The molecule has 1 atom stereocenters. The first-order chi connectivity index (χ1) is 23.9. The highest BCUT2D eigenvalue weighted by atomic mass is 16.5. The first-order valence-electron chi connectivity index (χ1n) is 16.5. The first-order valence-corrected chi connectivity index (χ1v) is 16.5. The lowest BCUT2D eigenvalue weighted by molar-refractivity contribution is 0.0918. The van der Waals surface area contributed by atoms with Crippen LogP contribution in [0.1, 0.15) is 62.7 Å². The smallest absolute Gasteiger partial charge is 0.254 e. The molecule has 1 unspecified atom stereocenters. The molecule has 0 bridgehead atoms. The van der Waals surface area contributed by atoms with Crippen LogP contribution in [-0.2, 0) is 35.9 Å². The molecule has 2 aromatic carbocycles. The minimum Gasteiger partial charge on any atom is -0.372 e. The van der Waals surface area contributed by atoms with Gasteiger partial charge >= 0.3 is 0 Å². The van der Waals surface area contributed by atoms with E-state index in [2.05, 4.69) is 32.4 Å². The quantitative estimate of drug-likeness (QED) is 0.0955. The number of ether oxygens (including phenoxy) is 2. The van der Waals surface area contributed by atoms with Crippen molar-refractivity contribution in [2.45, 2.75) is 52.2 Å². The number of benzene rings is 2. The fourth-order valence-corrected chi connectivity index (χ4v) is 5.36. The molecule has 2 aromatic heterocycles. The zero-order valence-electron chi connectivity index (χ0n) is 27.9. The van der Waals surface area contributed by atoms with E-state index < -0.39 is 0 Å². The third-order valence-electron chi connectivity index (χ3n) is 7.91. The van der Waals surface area contributed by atoms with Crippen molar-refractivity contribution in [1.82, 2.24) is 25.5 Å². The highest BCUT2D eigenvalue weighted by molar-refractivity contribution is 5.96. The predicted octanol–water partition coefficient (Wildman–Crippen LogP) is 3.09. The summed E-state index contributed by atoms with van der Waals surface area (Å²) in [5.41, 5.74) is 8.53. The van der Waals surface area contributed by atoms with Gasteiger partial charge in [-0.25, -0.2) is 0 Å². The van der Waals surface area contributed by atoms with Crippen LogP contribution in [0, 0.1) is 0 Å². The second-order valence-corrected chi connectivity index (χ2v) is 11.7. The van der Waals surface area contributed by atoms with E-state index >= 15 is 0 Å². The number of aromatic nitrogens is 2. The van der Waals surface area contributed by atoms with Crippen molar-refractivity contribution in [1.29, 1.82) is 0 Å². The zero-order valence-corrected chi connectivity index (χ0v) is 27.9. The Bertz CT molecular complexity index is 1610. The fraction of sp³-hybridized carbons (Fsp3) is 0.351. The van der Waals surface area contributed by atoms with Gasteiger partial charge < -0.3 is 35.8 Å². The van der Waals surface area contributed by atoms with Crippen molar-refractivity contribution < 1.29 is 19.1 Å². The minimum atomic E-state index is -0.383. The van der Waals surface area contributed by atoms with E-state index in [0.29, 0.717) is 45.9 Å². The molecule has 0 radical (unpaired) electrons. The minimum absolute atomic E-state index is 0.0142. The maximum atomic E-state index is 13.2. The molecule has 260 valence electrons. The maximum absolute atomic E-state index is 13.2. The largest absolute Gasteiger partial charge is 0.372 e. The number of hydrogen-bond donors (Lipinski definition) is 5. The molecule has 0 saturated heterocycles. The Labute approximate surface area is 286 Å². The van der Waals surface area contributed by atoms with E-state index in [4.69, 9.17) is 15.2 Å². The molecule has 6 N–H and O–H groups in total. The van der Waals surface area contributed by atoms with Gasteiger partial charge in [-0.15, -0.1) is 0 Å². The number of carbonyl (C=O) groups is 2. The summed E-state index contributed by atoms with van der Waals surface area (Å²) in [4.78, 5) is 58.8. The predicted molar refractivity (Wildman–Crippen MR) is 188 cm³/mol. The summed E-state index contributed by atoms with van der Waals surface area (Å²) < 4.78 is 11.5. The molecule has 49 heavy (non-hydrogen) atoms. The van der Waals surface area contributed by atoms with Gasteiger partial charge in [0.15, 0.2) is 0 Å². The van der Waals surface area contributed by atoms with Gasteiger partial charge in [-0.1, -0.05) is 74.0 Å². The molecule has 0 aliphatic carbocycles. The van der Waals surface area contributed by atoms with Crippen LogP contribution in [0.25, 0.3) is 0 Å². The van der Waals surface area contributed by atoms with E-state index in [1.807, 2.05) is 60.7 Å². The third kappa shape index (κ3) is 11.9. The number of carbonyl (C=O) groups excluding carboxylic acids is 2. The number of hydrogen-bond acceptors (Lipinski definition) is 8. The average Bonchev–Trinajstić information content (AvgIpc) is 3.10. The van der Waals surface area contributed by atoms with Crippen molar-refractivity contribution in [3.8, 4) is 0 Å². The summed E-state index contributed by atoms with van der Waals surface area (Å²) in [6, 6.07) is 22.2. The monoisotopic (exact) mass is 670 g/mol. The number of amides is 2. The van der Waals surface area contributed by atoms with Crippen LogP contribution in [0.15, 0.2) is 94.8 Å². The van der Waals surface area contributed by atoms with E-state index in [0.717, 1.165) is 24.0 Å². The highest BCUT2D eigenvalue weighted by Crippen LogP contribution is 2.10. The molecule has 0 aliphatic rings. The van der Waals surface area contributed by atoms with Crippen LogP contribution >= 0.6 is 0 Å². The molecular formula is C37H46N6O6. The van der Waals surface area contributed by atoms with Gasteiger partial charge in [-0.3, -0.25) is 24.1 Å². The molecule has 0 fully saturated rings. The first kappa shape index (κ1) is 36.9. The molecule has 12 heteroatoms. The summed E-state index contributed by atoms with van der Waals surface area (Å²) in [5.74, 6) is -0.765. The Kier molecular flexibility index (Phi) is 14.9. The highest BCUT2D eigenvalue weighted by Gasteiger charge is 2.18. The number of rotatable bonds is 20. The molecule has 0 aliphatic heterocycles. The Hall–Kier alpha value is -4.88. The van der Waals surface area contributed by atoms with Crippen LogP contribution in [0.4, 0.5) is 0 Å². The number of nitrogens with one attached hydrogen (secondary N) is 4. The summed E-state index contributed by atoms with van der Waals surface area (Å²) >= 11 is 0. The summed E-state index contributed by atoms with van der Waals surface area (Å²) in [7, 11) is 0. The average molecular weight is 671 g/mol. The van der Waals surface area contributed by atoms with Gasteiger partial charge in [0.05, 0.1) is 48.7 Å². The van der Waals surface area contributed by atoms with Crippen LogP contribution in [0.2, 0.25) is 0 Å². The van der Waals surface area contributed by atoms with Gasteiger partial charge in [0, 0.05) is 51.2 Å². The van der Waals surface area contributed by atoms with Crippen LogP contribution in [0.5, 0.6) is 0 Å². The SMILES string of the molecule is CCCC(N)CN(CCNC(=O)c1cc[nH]c(=O)c1COCc1ccccc1)CCNC(=O)c1cc[nH]c(=O)c1COCc1ccccc1. The molecule has 2 amide bonds. The molecular weight excluding hydrogens is 624 g/mol. The number of aromatic amines is 2. The number of nitrogens with zero attached hydrogens (tertiary/aromatic N) is 1. The van der Waals surface area contributed by atoms with Crippen molar-refractivity contribution in [2.24, 2.45) is 5.73 Å². The van der Waals surface area contributed by atoms with E-state index in [1.165, 1.54) is 12.4 Å². The summed E-state index contributed by atoms with van der Waals surface area (Å²) in [5, 5.41) is 5.82. The second-order valence-electron chi connectivity index (χ2n) is 11.7. The van der Waals surface area contributed by atoms with Crippen molar-refractivity contribution in [3.05, 3.63) is 139 Å². The number of H-pyrrole nitrogens is 2. The van der Waals surface area contributed by atoms with Crippen LogP contribution < -0.4 is 27.5 Å². The Morgan fingerprint density at radius 1 is 0.714 bits per heavy atom. The van der Waals surface area contributed by atoms with Gasteiger partial charge in [0.2, 0.25) is 0 Å². The second kappa shape index (κ2) is 19.8. The van der Waals surface area contributed by atoms with Crippen molar-refractivity contribution in [3.63, 3.8) is 0 Å². The summed E-state index contributed by atoms with van der Waals surface area (Å²) in [6.45, 7) is 4.73. The van der Waals surface area contributed by atoms with Crippen molar-refractivity contribution >= 4 is 11.8 Å². The lowest BCUT2D eigenvalue weighted by Gasteiger charge is -2.26. The normalized spacial score (nSPS) is 11.7. The molecule has 4 aromatic rings. The lowest BCUT2D eigenvalue weighted by atomic mass is 10.1. The third-order valence-corrected chi connectivity index (χ3v) is 7.91. The number of pyridine rings is 2. The van der Waals surface area contributed by atoms with Crippen LogP contribution in [0.3, 0.4) is 0 Å². The Balaban J connectivity index is 1.31. The zero-order chi connectivity index (χ0) is 34.8. The Morgan fingerprint density at radius 2 is 1.16 bits per heavy atom. The molecule has 0 spiro atoms. The standard InChI is InChI=1S/C37H46N6O6/c1-2-9-29(38)22-43(20-18-41-34(44)30-14-16-39-36(46)32(30)25-48-23-27-10-5-3-6-11-27)21-19-42-35(45)31-15-17-40-37(47)33(31)26-49-24-28-12-7-4-8-13-28/h3-8,10-17,29H,2,9,18-26,38H2,1H3,(H,39,46)(H,40,47)(H,41,44)(H,42,45). The topological polar surface area (TPSA) is 172 Å². The number of nitrogens with two attached hydrogens (primary N) is 1. The molecule has 0 saturated carbocycles. The van der Waals surface area contributed by atoms with E-state index in [1.54, 1.807) is 12.1 Å². The molecule has 4 rings (SSSR count). The van der Waals surface area contributed by atoms with Crippen molar-refractivity contribution in [2.75, 3.05) is 32.7 Å². The Morgan fingerprint density at radius 3 is 1.59 bits per heavy atom. The molecule has 2 heterocycles. The van der Waals surface area contributed by atoms with Gasteiger partial charge in [-0.2, -0.15) is 0 Å². The lowest BCUT2D eigenvalue weighted by Crippen LogP contribution is -2.45. The van der Waals surface area contributed by atoms with E-state index in [9.17, 15) is 19.2 Å². The molecule has 12 nitrogen and oxygen atoms in total. The summed E-state index contributed by atoms with van der Waals surface area (Å²) in [6.07, 6.45) is 4.64. The van der Waals surface area contributed by atoms with Gasteiger partial charge in [0.1, 0.15) is 0 Å².